The number of nitrogens with two attached hydrogens (primary N) is 2. The zero-order valence-corrected chi connectivity index (χ0v) is 11.5. The van der Waals surface area contributed by atoms with E-state index in [1.165, 1.54) is 17.2 Å². The van der Waals surface area contributed by atoms with Gasteiger partial charge in [0.25, 0.3) is 5.91 Å². The first-order chi connectivity index (χ1) is 9.32. The Morgan fingerprint density at radius 1 is 1.55 bits per heavy atom. The molecule has 1 amide bonds. The second-order valence-corrected chi connectivity index (χ2v) is 6.02. The maximum absolute atomic E-state index is 11.2. The molecule has 9 nitrogen and oxygen atoms in total. The zero-order valence-electron chi connectivity index (χ0n) is 10.7. The smallest absolute Gasteiger partial charge is 0.271 e. The third kappa shape index (κ3) is 2.54. The van der Waals surface area contributed by atoms with Gasteiger partial charge in [0, 0.05) is 17.1 Å². The summed E-state index contributed by atoms with van der Waals surface area (Å²) in [5.74, 6) is -0.793. The molecular formula is C10H16N4O5S. The minimum atomic E-state index is -1.28. The molecule has 1 unspecified atom stereocenters. The minimum absolute atomic E-state index is 0.0629. The summed E-state index contributed by atoms with van der Waals surface area (Å²) in [7, 11) is -1.20. The van der Waals surface area contributed by atoms with E-state index in [-0.39, 0.29) is 17.3 Å². The molecule has 0 aliphatic carbocycles. The van der Waals surface area contributed by atoms with E-state index in [9.17, 15) is 19.2 Å². The normalized spacial score (nSPS) is 31.4. The number of primary amides is 1. The van der Waals surface area contributed by atoms with Gasteiger partial charge in [-0.3, -0.25) is 13.6 Å². The van der Waals surface area contributed by atoms with Crippen molar-refractivity contribution in [2.45, 2.75) is 24.5 Å². The van der Waals surface area contributed by atoms with E-state index < -0.39 is 41.2 Å². The topological polar surface area (TPSA) is 154 Å². The molecule has 1 saturated heterocycles. The lowest BCUT2D eigenvalue weighted by atomic mass is 10.1. The number of anilines is 1. The maximum atomic E-state index is 11.2. The quantitative estimate of drug-likeness (QED) is 0.482. The molecule has 20 heavy (non-hydrogen) atoms. The monoisotopic (exact) mass is 304 g/mol. The van der Waals surface area contributed by atoms with Crippen LogP contribution in [0, 0.1) is 0 Å². The number of carbonyl (C=O) groups excluding carboxylic acids is 1. The molecule has 112 valence electrons. The van der Waals surface area contributed by atoms with E-state index >= 15 is 0 Å². The molecule has 1 aliphatic rings. The third-order valence-corrected chi connectivity index (χ3v) is 3.87. The highest BCUT2D eigenvalue weighted by molar-refractivity contribution is 7.84. The molecule has 10 heteroatoms. The molecule has 1 aromatic heterocycles. The summed E-state index contributed by atoms with van der Waals surface area (Å²) in [5.41, 5.74) is 10.7. The summed E-state index contributed by atoms with van der Waals surface area (Å²) in [5, 5.41) is 19.8. The Hall–Kier alpha value is -1.49. The molecular weight excluding hydrogens is 288 g/mol. The predicted molar refractivity (Wildman–Crippen MR) is 70.0 cm³/mol. The van der Waals surface area contributed by atoms with Crippen molar-refractivity contribution in [3.8, 4) is 0 Å². The Kier molecular flexibility index (Phi) is 4.09. The number of hydrogen-bond acceptors (Lipinski definition) is 7. The number of nitrogens with zero attached hydrogens (tertiary/aromatic N) is 2. The molecule has 0 saturated carbocycles. The molecule has 1 aliphatic heterocycles. The van der Waals surface area contributed by atoms with Crippen molar-refractivity contribution in [1.82, 2.24) is 9.55 Å². The number of carbonyl (C=O) groups is 1. The van der Waals surface area contributed by atoms with Crippen LogP contribution < -0.4 is 11.5 Å². The first kappa shape index (κ1) is 14.9. The summed E-state index contributed by atoms with van der Waals surface area (Å²) in [6, 6.07) is 0. The van der Waals surface area contributed by atoms with Crippen LogP contribution in [0.4, 0.5) is 5.82 Å². The van der Waals surface area contributed by atoms with Gasteiger partial charge in [0.2, 0.25) is 0 Å². The van der Waals surface area contributed by atoms with Crippen molar-refractivity contribution in [3.63, 3.8) is 0 Å². The Bertz CT molecular complexity index is 548. The van der Waals surface area contributed by atoms with E-state index in [0.29, 0.717) is 0 Å². The number of hydrogen-bond donors (Lipinski definition) is 4. The lowest BCUT2D eigenvalue weighted by Crippen LogP contribution is -2.34. The van der Waals surface area contributed by atoms with Crippen molar-refractivity contribution in [2.75, 3.05) is 17.7 Å². The SMILES string of the molecule is CS(=O)C[C@H]1O[C@@H](n2cnc(C(N)=O)c2N)[C@H](O)[C@@H]1O. The molecule has 5 atom stereocenters. The first-order valence-electron chi connectivity index (χ1n) is 5.76. The first-order valence-corrected chi connectivity index (χ1v) is 7.49. The lowest BCUT2D eigenvalue weighted by molar-refractivity contribution is -0.0299. The number of amides is 1. The fourth-order valence-corrected chi connectivity index (χ4v) is 2.83. The van der Waals surface area contributed by atoms with Crippen molar-refractivity contribution in [3.05, 3.63) is 12.0 Å². The van der Waals surface area contributed by atoms with Gasteiger partial charge in [-0.25, -0.2) is 4.98 Å². The predicted octanol–water partition coefficient (Wildman–Crippen LogP) is -2.44. The van der Waals surface area contributed by atoms with Crippen molar-refractivity contribution in [2.24, 2.45) is 5.73 Å². The second-order valence-electron chi connectivity index (χ2n) is 4.54. The minimum Gasteiger partial charge on any atom is -0.387 e. The average molecular weight is 304 g/mol. The highest BCUT2D eigenvalue weighted by Gasteiger charge is 2.44. The van der Waals surface area contributed by atoms with Crippen LogP contribution in [0.2, 0.25) is 0 Å². The van der Waals surface area contributed by atoms with Crippen LogP contribution in [0.25, 0.3) is 0 Å². The van der Waals surface area contributed by atoms with Crippen LogP contribution >= 0.6 is 0 Å². The largest absolute Gasteiger partial charge is 0.387 e. The second kappa shape index (κ2) is 5.48. The molecule has 6 N–H and O–H groups in total. The lowest BCUT2D eigenvalue weighted by Gasteiger charge is -2.17. The fourth-order valence-electron chi connectivity index (χ4n) is 2.09. The summed E-state index contributed by atoms with van der Waals surface area (Å²) in [6.07, 6.45) is -1.63. The number of imidazole rings is 1. The zero-order chi connectivity index (χ0) is 15.0. The Labute approximate surface area is 117 Å². The summed E-state index contributed by atoms with van der Waals surface area (Å²) in [4.78, 5) is 14.8. The molecule has 0 aromatic carbocycles. The summed E-state index contributed by atoms with van der Waals surface area (Å²) >= 11 is 0. The van der Waals surface area contributed by atoms with Gasteiger partial charge in [-0.2, -0.15) is 0 Å². The Morgan fingerprint density at radius 3 is 2.70 bits per heavy atom. The van der Waals surface area contributed by atoms with Crippen molar-refractivity contribution < 1.29 is 24.0 Å². The Morgan fingerprint density at radius 2 is 2.20 bits per heavy atom. The maximum Gasteiger partial charge on any atom is 0.271 e. The van der Waals surface area contributed by atoms with Gasteiger partial charge in [-0.15, -0.1) is 0 Å². The molecule has 2 heterocycles. The highest BCUT2D eigenvalue weighted by Crippen LogP contribution is 2.32. The third-order valence-electron chi connectivity index (χ3n) is 3.08. The van der Waals surface area contributed by atoms with Gasteiger partial charge in [0.05, 0.1) is 12.1 Å². The van der Waals surface area contributed by atoms with E-state index in [4.69, 9.17) is 16.2 Å². The van der Waals surface area contributed by atoms with Crippen LogP contribution in [0.5, 0.6) is 0 Å². The fraction of sp³-hybridized carbons (Fsp3) is 0.600. The van der Waals surface area contributed by atoms with Crippen LogP contribution in [0.15, 0.2) is 6.33 Å². The van der Waals surface area contributed by atoms with Crippen molar-refractivity contribution in [1.29, 1.82) is 0 Å². The average Bonchev–Trinajstić information content (AvgIpc) is 2.84. The molecule has 1 aromatic rings. The van der Waals surface area contributed by atoms with Crippen LogP contribution in [0.1, 0.15) is 16.7 Å². The summed E-state index contributed by atoms with van der Waals surface area (Å²) < 4.78 is 17.9. The van der Waals surface area contributed by atoms with E-state index in [1.54, 1.807) is 0 Å². The van der Waals surface area contributed by atoms with Gasteiger partial charge in [-0.1, -0.05) is 0 Å². The van der Waals surface area contributed by atoms with Gasteiger partial charge >= 0.3 is 0 Å². The van der Waals surface area contributed by atoms with E-state index in [1.807, 2.05) is 0 Å². The van der Waals surface area contributed by atoms with E-state index in [0.717, 1.165) is 0 Å². The van der Waals surface area contributed by atoms with Gasteiger partial charge in [0.1, 0.15) is 24.1 Å². The summed E-state index contributed by atoms with van der Waals surface area (Å²) in [6.45, 7) is 0. The number of rotatable bonds is 4. The molecule has 2 rings (SSSR count). The number of ether oxygens (including phenoxy) is 1. The molecule has 0 radical (unpaired) electrons. The van der Waals surface area contributed by atoms with Gasteiger partial charge in [0.15, 0.2) is 11.9 Å². The standard InChI is InChI=1S/C10H16N4O5S/c1-20(18)2-4-6(15)7(16)10(19-4)14-3-13-5(8(14)11)9(12)17/h3-4,6-7,10,15-16H,2,11H2,1H3,(H2,12,17)/t4-,6-,7-,10-,20?/m1/s1. The van der Waals surface area contributed by atoms with Crippen LogP contribution in [-0.2, 0) is 15.5 Å². The highest BCUT2D eigenvalue weighted by atomic mass is 32.2. The molecule has 1 fully saturated rings. The van der Waals surface area contributed by atoms with Crippen LogP contribution in [0.3, 0.4) is 0 Å². The number of aliphatic hydroxyl groups excluding tert-OH is 2. The van der Waals surface area contributed by atoms with Crippen molar-refractivity contribution >= 4 is 22.5 Å². The van der Waals surface area contributed by atoms with Gasteiger partial charge < -0.3 is 26.4 Å². The van der Waals surface area contributed by atoms with Crippen LogP contribution in [-0.4, -0.2) is 60.2 Å². The molecule has 0 spiro atoms. The van der Waals surface area contributed by atoms with E-state index in [2.05, 4.69) is 4.98 Å². The molecule has 0 bridgehead atoms. The Balaban J connectivity index is 2.25. The van der Waals surface area contributed by atoms with Gasteiger partial charge in [-0.05, 0) is 0 Å². The number of aliphatic hydroxyl groups is 2. The number of nitrogen functional groups attached to an aromatic ring is 1. The number of aromatic nitrogens is 2.